The SMILES string of the molecule is CC(C)(C)[Si](C)(C)O[C@@H]1C[C@@H]2[C@@H](N)[C@@H]2C1. The molecule has 2 aliphatic carbocycles. The molecule has 15 heavy (non-hydrogen) atoms. The molecule has 0 amide bonds. The van der Waals surface area contributed by atoms with E-state index in [1.807, 2.05) is 0 Å². The second-order valence-corrected chi connectivity index (χ2v) is 11.6. The lowest BCUT2D eigenvalue weighted by atomic mass is 10.2. The van der Waals surface area contributed by atoms with Crippen molar-refractivity contribution in [1.29, 1.82) is 0 Å². The number of nitrogens with two attached hydrogens (primary N) is 1. The summed E-state index contributed by atoms with van der Waals surface area (Å²) in [6.45, 7) is 11.6. The summed E-state index contributed by atoms with van der Waals surface area (Å²) >= 11 is 0. The molecule has 0 spiro atoms. The van der Waals surface area contributed by atoms with Gasteiger partial charge in [0.2, 0.25) is 0 Å². The average molecular weight is 227 g/mol. The fourth-order valence-electron chi connectivity index (χ4n) is 2.53. The van der Waals surface area contributed by atoms with Gasteiger partial charge in [0.1, 0.15) is 0 Å². The minimum absolute atomic E-state index is 0.335. The van der Waals surface area contributed by atoms with E-state index in [9.17, 15) is 0 Å². The van der Waals surface area contributed by atoms with E-state index in [0.29, 0.717) is 17.2 Å². The maximum atomic E-state index is 6.40. The Morgan fingerprint density at radius 2 is 1.60 bits per heavy atom. The van der Waals surface area contributed by atoms with E-state index in [0.717, 1.165) is 11.8 Å². The number of fused-ring (bicyclic) bond motifs is 1. The molecule has 2 fully saturated rings. The van der Waals surface area contributed by atoms with Crippen LogP contribution >= 0.6 is 0 Å². The largest absolute Gasteiger partial charge is 0.414 e. The lowest BCUT2D eigenvalue weighted by Crippen LogP contribution is -2.44. The summed E-state index contributed by atoms with van der Waals surface area (Å²) in [6.07, 6.45) is 2.96. The molecule has 2 rings (SSSR count). The molecule has 2 saturated carbocycles. The van der Waals surface area contributed by atoms with Crippen LogP contribution < -0.4 is 5.73 Å². The summed E-state index contributed by atoms with van der Waals surface area (Å²) in [5, 5.41) is 0.335. The lowest BCUT2D eigenvalue weighted by Gasteiger charge is -2.39. The molecule has 2 nitrogen and oxygen atoms in total. The molecule has 0 saturated heterocycles. The standard InChI is InChI=1S/C12H25NOSi/c1-12(2,3)15(4,5)14-8-6-9-10(7-8)11(9)13/h8-11H,6-7,13H2,1-5H3/t8-,9+,10-,11-. The monoisotopic (exact) mass is 227 g/mol. The number of hydrogen-bond acceptors (Lipinski definition) is 2. The van der Waals surface area contributed by atoms with E-state index in [2.05, 4.69) is 33.9 Å². The van der Waals surface area contributed by atoms with Crippen LogP contribution in [0.25, 0.3) is 0 Å². The highest BCUT2D eigenvalue weighted by Gasteiger charge is 2.55. The first-order chi connectivity index (χ1) is 6.72. The zero-order chi connectivity index (χ0) is 11.4. The Bertz CT molecular complexity index is 247. The molecule has 0 bridgehead atoms. The summed E-state index contributed by atoms with van der Waals surface area (Å²) < 4.78 is 6.40. The van der Waals surface area contributed by atoms with Crippen LogP contribution in [-0.2, 0) is 4.43 Å². The molecule has 0 aromatic carbocycles. The first-order valence-corrected chi connectivity index (χ1v) is 9.06. The Morgan fingerprint density at radius 1 is 1.13 bits per heavy atom. The molecule has 4 atom stereocenters. The second kappa shape index (κ2) is 3.31. The van der Waals surface area contributed by atoms with Gasteiger partial charge in [0, 0.05) is 12.1 Å². The van der Waals surface area contributed by atoms with Gasteiger partial charge in [-0.25, -0.2) is 0 Å². The normalized spacial score (nSPS) is 40.4. The van der Waals surface area contributed by atoms with Crippen molar-refractivity contribution in [2.45, 2.75) is 63.9 Å². The summed E-state index contributed by atoms with van der Waals surface area (Å²) in [5.74, 6) is 1.58. The van der Waals surface area contributed by atoms with Gasteiger partial charge in [0.05, 0.1) is 0 Å². The zero-order valence-electron chi connectivity index (χ0n) is 10.7. The minimum Gasteiger partial charge on any atom is -0.414 e. The van der Waals surface area contributed by atoms with E-state index >= 15 is 0 Å². The predicted octanol–water partition coefficient (Wildman–Crippen LogP) is 2.74. The predicted molar refractivity (Wildman–Crippen MR) is 66.3 cm³/mol. The maximum Gasteiger partial charge on any atom is 0.192 e. The highest BCUT2D eigenvalue weighted by Crippen LogP contribution is 2.53. The van der Waals surface area contributed by atoms with Gasteiger partial charge in [-0.05, 0) is 42.8 Å². The van der Waals surface area contributed by atoms with Crippen LogP contribution in [0.3, 0.4) is 0 Å². The van der Waals surface area contributed by atoms with Crippen molar-refractivity contribution < 1.29 is 4.43 Å². The Hall–Kier alpha value is 0.137. The molecular weight excluding hydrogens is 202 g/mol. The molecule has 2 aliphatic rings. The van der Waals surface area contributed by atoms with Crippen molar-refractivity contribution >= 4 is 8.32 Å². The van der Waals surface area contributed by atoms with Crippen molar-refractivity contribution in [1.82, 2.24) is 0 Å². The van der Waals surface area contributed by atoms with Gasteiger partial charge in [-0.3, -0.25) is 0 Å². The first-order valence-electron chi connectivity index (χ1n) is 6.16. The van der Waals surface area contributed by atoms with Crippen LogP contribution in [0.5, 0.6) is 0 Å². The van der Waals surface area contributed by atoms with Crippen LogP contribution in [0.1, 0.15) is 33.6 Å². The summed E-state index contributed by atoms with van der Waals surface area (Å²) in [7, 11) is -1.54. The molecular formula is C12H25NOSi. The Balaban J connectivity index is 1.88. The van der Waals surface area contributed by atoms with Gasteiger partial charge < -0.3 is 10.2 Å². The van der Waals surface area contributed by atoms with E-state index in [-0.39, 0.29) is 0 Å². The molecule has 0 heterocycles. The minimum atomic E-state index is -1.54. The summed E-state index contributed by atoms with van der Waals surface area (Å²) in [5.41, 5.74) is 5.94. The van der Waals surface area contributed by atoms with Gasteiger partial charge in [0.15, 0.2) is 8.32 Å². The van der Waals surface area contributed by atoms with Crippen LogP contribution in [0, 0.1) is 11.8 Å². The molecule has 0 aromatic rings. The molecule has 0 aliphatic heterocycles. The van der Waals surface area contributed by atoms with Gasteiger partial charge >= 0.3 is 0 Å². The van der Waals surface area contributed by atoms with Crippen molar-refractivity contribution in [3.8, 4) is 0 Å². The number of hydrogen-bond donors (Lipinski definition) is 1. The second-order valence-electron chi connectivity index (χ2n) is 6.88. The van der Waals surface area contributed by atoms with Crippen molar-refractivity contribution in [2.75, 3.05) is 0 Å². The molecule has 3 heteroatoms. The van der Waals surface area contributed by atoms with E-state index in [4.69, 9.17) is 10.2 Å². The summed E-state index contributed by atoms with van der Waals surface area (Å²) in [6, 6.07) is 0.504. The van der Waals surface area contributed by atoms with Crippen LogP contribution in [-0.4, -0.2) is 20.5 Å². The molecule has 0 aromatic heterocycles. The highest BCUT2D eigenvalue weighted by atomic mass is 28.4. The molecule has 0 radical (unpaired) electrons. The third-order valence-electron chi connectivity index (χ3n) is 4.74. The number of rotatable bonds is 2. The molecule has 2 N–H and O–H groups in total. The zero-order valence-corrected chi connectivity index (χ0v) is 11.7. The highest BCUT2D eigenvalue weighted by molar-refractivity contribution is 6.74. The van der Waals surface area contributed by atoms with E-state index in [1.54, 1.807) is 0 Å². The van der Waals surface area contributed by atoms with Gasteiger partial charge in [-0.15, -0.1) is 0 Å². The maximum absolute atomic E-state index is 6.40. The van der Waals surface area contributed by atoms with Crippen molar-refractivity contribution in [3.63, 3.8) is 0 Å². The Labute approximate surface area is 94.7 Å². The summed E-state index contributed by atoms with van der Waals surface area (Å²) in [4.78, 5) is 0. The van der Waals surface area contributed by atoms with E-state index in [1.165, 1.54) is 12.8 Å². The molecule has 88 valence electrons. The topological polar surface area (TPSA) is 35.2 Å². The van der Waals surface area contributed by atoms with Crippen LogP contribution in [0.2, 0.25) is 18.1 Å². The van der Waals surface area contributed by atoms with Crippen LogP contribution in [0.4, 0.5) is 0 Å². The van der Waals surface area contributed by atoms with Crippen molar-refractivity contribution in [3.05, 3.63) is 0 Å². The smallest absolute Gasteiger partial charge is 0.192 e. The quantitative estimate of drug-likeness (QED) is 0.736. The third kappa shape index (κ3) is 2.02. The van der Waals surface area contributed by atoms with Gasteiger partial charge in [0.25, 0.3) is 0 Å². The lowest BCUT2D eigenvalue weighted by molar-refractivity contribution is 0.171. The fraction of sp³-hybridized carbons (Fsp3) is 1.00. The average Bonchev–Trinajstić information content (AvgIpc) is 2.54. The fourth-order valence-corrected chi connectivity index (χ4v) is 3.91. The Morgan fingerprint density at radius 3 is 2.00 bits per heavy atom. The van der Waals surface area contributed by atoms with Crippen molar-refractivity contribution in [2.24, 2.45) is 17.6 Å². The Kier molecular flexibility index (Phi) is 2.57. The van der Waals surface area contributed by atoms with Crippen LogP contribution in [0.15, 0.2) is 0 Å². The van der Waals surface area contributed by atoms with Gasteiger partial charge in [-0.1, -0.05) is 20.8 Å². The molecule has 0 unspecified atom stereocenters. The van der Waals surface area contributed by atoms with Gasteiger partial charge in [-0.2, -0.15) is 0 Å². The third-order valence-corrected chi connectivity index (χ3v) is 9.27. The van der Waals surface area contributed by atoms with E-state index < -0.39 is 8.32 Å². The first kappa shape index (κ1) is 11.6.